The van der Waals surface area contributed by atoms with Gasteiger partial charge in [0.2, 0.25) is 0 Å². The SMILES string of the molecule is CC1CC(C)C(C)N(c2ccc(CNC3CC3)cc2F)C1. The average molecular weight is 290 g/mol. The van der Waals surface area contributed by atoms with Gasteiger partial charge in [0.1, 0.15) is 5.82 Å². The number of nitrogens with one attached hydrogen (secondary N) is 1. The summed E-state index contributed by atoms with van der Waals surface area (Å²) in [5, 5.41) is 3.44. The Balaban J connectivity index is 1.74. The normalized spacial score (nSPS) is 29.7. The monoisotopic (exact) mass is 290 g/mol. The van der Waals surface area contributed by atoms with E-state index in [0.29, 0.717) is 23.9 Å². The van der Waals surface area contributed by atoms with Crippen molar-refractivity contribution in [2.24, 2.45) is 11.8 Å². The fourth-order valence-corrected chi connectivity index (χ4v) is 3.48. The highest BCUT2D eigenvalue weighted by atomic mass is 19.1. The Kier molecular flexibility index (Phi) is 4.21. The van der Waals surface area contributed by atoms with Gasteiger partial charge in [-0.3, -0.25) is 0 Å². The van der Waals surface area contributed by atoms with Gasteiger partial charge < -0.3 is 10.2 Å². The molecule has 1 N–H and O–H groups in total. The number of nitrogens with zero attached hydrogens (tertiary/aromatic N) is 1. The van der Waals surface area contributed by atoms with Gasteiger partial charge in [0.05, 0.1) is 5.69 Å². The van der Waals surface area contributed by atoms with Crippen LogP contribution in [0.3, 0.4) is 0 Å². The molecular weight excluding hydrogens is 263 g/mol. The minimum atomic E-state index is -0.0711. The quantitative estimate of drug-likeness (QED) is 0.903. The largest absolute Gasteiger partial charge is 0.366 e. The molecule has 0 spiro atoms. The molecule has 0 aromatic heterocycles. The van der Waals surface area contributed by atoms with E-state index >= 15 is 0 Å². The molecule has 1 aliphatic carbocycles. The molecular formula is C18H27FN2. The molecule has 2 fully saturated rings. The topological polar surface area (TPSA) is 15.3 Å². The molecule has 3 heteroatoms. The Morgan fingerprint density at radius 1 is 1.24 bits per heavy atom. The summed E-state index contributed by atoms with van der Waals surface area (Å²) in [7, 11) is 0. The summed E-state index contributed by atoms with van der Waals surface area (Å²) in [5.41, 5.74) is 1.82. The summed E-state index contributed by atoms with van der Waals surface area (Å²) in [4.78, 5) is 2.26. The molecule has 21 heavy (non-hydrogen) atoms. The van der Waals surface area contributed by atoms with Crippen LogP contribution in [0.5, 0.6) is 0 Å². The third-order valence-electron chi connectivity index (χ3n) is 5.09. The average Bonchev–Trinajstić information content (AvgIpc) is 3.25. The summed E-state index contributed by atoms with van der Waals surface area (Å²) < 4.78 is 14.5. The lowest BCUT2D eigenvalue weighted by Crippen LogP contribution is -2.46. The summed E-state index contributed by atoms with van der Waals surface area (Å²) in [6.07, 6.45) is 3.77. The van der Waals surface area contributed by atoms with Crippen molar-refractivity contribution in [2.75, 3.05) is 11.4 Å². The van der Waals surface area contributed by atoms with E-state index in [-0.39, 0.29) is 5.82 Å². The number of halogens is 1. The second kappa shape index (κ2) is 5.96. The summed E-state index contributed by atoms with van der Waals surface area (Å²) in [6.45, 7) is 8.51. The van der Waals surface area contributed by atoms with E-state index in [2.05, 4.69) is 37.1 Å². The lowest BCUT2D eigenvalue weighted by molar-refractivity contribution is 0.295. The standard InChI is InChI=1S/C18H27FN2/c1-12-8-13(2)14(3)21(11-12)18-7-4-15(9-17(18)19)10-20-16-5-6-16/h4,7,9,12-14,16,20H,5-6,8,10-11H2,1-3H3. The van der Waals surface area contributed by atoms with E-state index in [9.17, 15) is 4.39 Å². The van der Waals surface area contributed by atoms with E-state index < -0.39 is 0 Å². The number of anilines is 1. The molecule has 3 rings (SSSR count). The Labute approximate surface area is 127 Å². The van der Waals surface area contributed by atoms with Crippen LogP contribution in [0.25, 0.3) is 0 Å². The lowest BCUT2D eigenvalue weighted by Gasteiger charge is -2.42. The molecule has 0 amide bonds. The smallest absolute Gasteiger partial charge is 0.146 e. The lowest BCUT2D eigenvalue weighted by atomic mass is 9.85. The van der Waals surface area contributed by atoms with E-state index in [1.165, 1.54) is 19.3 Å². The summed E-state index contributed by atoms with van der Waals surface area (Å²) >= 11 is 0. The predicted octanol–water partition coefficient (Wildman–Crippen LogP) is 3.95. The number of piperidine rings is 1. The molecule has 1 saturated carbocycles. The highest BCUT2D eigenvalue weighted by Crippen LogP contribution is 2.33. The van der Waals surface area contributed by atoms with Crippen LogP contribution in [0.4, 0.5) is 10.1 Å². The van der Waals surface area contributed by atoms with Gasteiger partial charge in [0.15, 0.2) is 0 Å². The first-order valence-corrected chi connectivity index (χ1v) is 8.33. The minimum absolute atomic E-state index is 0.0711. The molecule has 2 aliphatic rings. The van der Waals surface area contributed by atoms with E-state index in [4.69, 9.17) is 0 Å². The van der Waals surface area contributed by atoms with Crippen LogP contribution < -0.4 is 10.2 Å². The fourth-order valence-electron chi connectivity index (χ4n) is 3.48. The van der Waals surface area contributed by atoms with Gasteiger partial charge in [-0.05, 0) is 55.7 Å². The van der Waals surface area contributed by atoms with E-state index in [1.807, 2.05) is 6.07 Å². The number of hydrogen-bond acceptors (Lipinski definition) is 2. The first-order valence-electron chi connectivity index (χ1n) is 8.33. The third-order valence-corrected chi connectivity index (χ3v) is 5.09. The first-order chi connectivity index (χ1) is 10.0. The van der Waals surface area contributed by atoms with Crippen LogP contribution in [0.1, 0.15) is 45.6 Å². The van der Waals surface area contributed by atoms with Crippen LogP contribution in [0.15, 0.2) is 18.2 Å². The van der Waals surface area contributed by atoms with Crippen LogP contribution in [-0.2, 0) is 6.54 Å². The Morgan fingerprint density at radius 3 is 2.67 bits per heavy atom. The minimum Gasteiger partial charge on any atom is -0.366 e. The van der Waals surface area contributed by atoms with Crippen LogP contribution in [0.2, 0.25) is 0 Å². The van der Waals surface area contributed by atoms with Crippen molar-refractivity contribution in [1.82, 2.24) is 5.32 Å². The van der Waals surface area contributed by atoms with Crippen LogP contribution >= 0.6 is 0 Å². The van der Waals surface area contributed by atoms with Crippen molar-refractivity contribution in [3.05, 3.63) is 29.6 Å². The van der Waals surface area contributed by atoms with Crippen molar-refractivity contribution in [2.45, 2.75) is 58.7 Å². The van der Waals surface area contributed by atoms with E-state index in [1.54, 1.807) is 6.07 Å². The second-order valence-electron chi connectivity index (χ2n) is 7.15. The molecule has 1 saturated heterocycles. The maximum atomic E-state index is 14.5. The van der Waals surface area contributed by atoms with Gasteiger partial charge in [0, 0.05) is 25.2 Å². The van der Waals surface area contributed by atoms with Gasteiger partial charge in [-0.25, -0.2) is 4.39 Å². The molecule has 116 valence electrons. The molecule has 1 aromatic carbocycles. The van der Waals surface area contributed by atoms with Gasteiger partial charge >= 0.3 is 0 Å². The van der Waals surface area contributed by atoms with Crippen LogP contribution in [0, 0.1) is 17.7 Å². The molecule has 3 atom stereocenters. The molecule has 0 radical (unpaired) electrons. The zero-order chi connectivity index (χ0) is 15.0. The Morgan fingerprint density at radius 2 is 2.00 bits per heavy atom. The number of rotatable bonds is 4. The summed E-state index contributed by atoms with van der Waals surface area (Å²) in [6, 6.07) is 6.83. The van der Waals surface area contributed by atoms with Crippen molar-refractivity contribution in [1.29, 1.82) is 0 Å². The molecule has 0 bridgehead atoms. The van der Waals surface area contributed by atoms with Crippen molar-refractivity contribution in [3.8, 4) is 0 Å². The van der Waals surface area contributed by atoms with Gasteiger partial charge in [0.25, 0.3) is 0 Å². The summed E-state index contributed by atoms with van der Waals surface area (Å²) in [5.74, 6) is 1.18. The Hall–Kier alpha value is -1.09. The first kappa shape index (κ1) is 14.8. The maximum absolute atomic E-state index is 14.5. The maximum Gasteiger partial charge on any atom is 0.146 e. The molecule has 3 unspecified atom stereocenters. The van der Waals surface area contributed by atoms with E-state index in [0.717, 1.165) is 24.3 Å². The van der Waals surface area contributed by atoms with Crippen molar-refractivity contribution < 1.29 is 4.39 Å². The van der Waals surface area contributed by atoms with Gasteiger partial charge in [-0.15, -0.1) is 0 Å². The third kappa shape index (κ3) is 3.39. The molecule has 1 aliphatic heterocycles. The van der Waals surface area contributed by atoms with Gasteiger partial charge in [-0.2, -0.15) is 0 Å². The molecule has 1 aromatic rings. The fraction of sp³-hybridized carbons (Fsp3) is 0.667. The molecule has 1 heterocycles. The van der Waals surface area contributed by atoms with Gasteiger partial charge in [-0.1, -0.05) is 19.9 Å². The zero-order valence-corrected chi connectivity index (χ0v) is 13.4. The molecule has 2 nitrogen and oxygen atoms in total. The number of benzene rings is 1. The predicted molar refractivity (Wildman–Crippen MR) is 86.0 cm³/mol. The second-order valence-corrected chi connectivity index (χ2v) is 7.15. The Bertz CT molecular complexity index is 498. The van der Waals surface area contributed by atoms with Crippen molar-refractivity contribution >= 4 is 5.69 Å². The van der Waals surface area contributed by atoms with Crippen molar-refractivity contribution in [3.63, 3.8) is 0 Å². The van der Waals surface area contributed by atoms with Crippen LogP contribution in [-0.4, -0.2) is 18.6 Å². The highest BCUT2D eigenvalue weighted by Gasteiger charge is 2.30. The highest BCUT2D eigenvalue weighted by molar-refractivity contribution is 5.50. The zero-order valence-electron chi connectivity index (χ0n) is 13.4. The number of hydrogen-bond donors (Lipinski definition) is 1.